The summed E-state index contributed by atoms with van der Waals surface area (Å²) in [6.07, 6.45) is 2.82. The zero-order valence-electron chi connectivity index (χ0n) is 11.4. The van der Waals surface area contributed by atoms with E-state index < -0.39 is 9.84 Å². The Morgan fingerprint density at radius 1 is 1.47 bits per heavy atom. The summed E-state index contributed by atoms with van der Waals surface area (Å²) >= 11 is 0. The lowest BCUT2D eigenvalue weighted by Crippen LogP contribution is -2.56. The van der Waals surface area contributed by atoms with E-state index >= 15 is 0 Å². The van der Waals surface area contributed by atoms with Crippen LogP contribution in [0.5, 0.6) is 0 Å². The van der Waals surface area contributed by atoms with Crippen LogP contribution in [-0.4, -0.2) is 58.2 Å². The summed E-state index contributed by atoms with van der Waals surface area (Å²) in [4.78, 5) is 12.0. The lowest BCUT2D eigenvalue weighted by Gasteiger charge is -2.29. The predicted molar refractivity (Wildman–Crippen MR) is 71.6 cm³/mol. The third-order valence-electron chi connectivity index (χ3n) is 3.76. The second-order valence-corrected chi connectivity index (χ2v) is 7.94. The molecule has 1 aliphatic carbocycles. The Morgan fingerprint density at radius 2 is 2.16 bits per heavy atom. The largest absolute Gasteiger partial charge is 0.375 e. The first-order valence-corrected chi connectivity index (χ1v) is 8.68. The summed E-state index contributed by atoms with van der Waals surface area (Å²) in [6.45, 7) is 3.57. The summed E-state index contributed by atoms with van der Waals surface area (Å²) in [5, 5.41) is 5.98. The van der Waals surface area contributed by atoms with Crippen LogP contribution in [0.1, 0.15) is 19.8 Å². The molecule has 0 aromatic heterocycles. The van der Waals surface area contributed by atoms with Gasteiger partial charge in [0, 0.05) is 24.8 Å². The average Bonchev–Trinajstić information content (AvgIpc) is 3.04. The SMILES string of the molecule is C[C@H]1OCCN[C@@H]1C(=O)NCC1(CS(C)(=O)=O)CC1. The molecule has 110 valence electrons. The molecule has 0 unspecified atom stereocenters. The lowest BCUT2D eigenvalue weighted by molar-refractivity contribution is -0.129. The molecule has 2 atom stereocenters. The van der Waals surface area contributed by atoms with Gasteiger partial charge in [-0.05, 0) is 19.8 Å². The first-order valence-electron chi connectivity index (χ1n) is 6.62. The van der Waals surface area contributed by atoms with Crippen LogP contribution in [-0.2, 0) is 19.4 Å². The fourth-order valence-corrected chi connectivity index (χ4v) is 4.02. The van der Waals surface area contributed by atoms with Crippen molar-refractivity contribution in [3.63, 3.8) is 0 Å². The standard InChI is InChI=1S/C12H22N2O4S/c1-9-10(13-5-6-18-9)11(15)14-7-12(3-4-12)8-19(2,16)17/h9-10,13H,3-8H2,1-2H3,(H,14,15)/t9-,10+/m1/s1. The van der Waals surface area contributed by atoms with Crippen molar-refractivity contribution in [2.24, 2.45) is 5.41 Å². The Hall–Kier alpha value is -0.660. The van der Waals surface area contributed by atoms with Crippen molar-refractivity contribution >= 4 is 15.7 Å². The van der Waals surface area contributed by atoms with Crippen LogP contribution in [0.4, 0.5) is 0 Å². The molecule has 0 spiro atoms. The van der Waals surface area contributed by atoms with E-state index in [1.54, 1.807) is 0 Å². The van der Waals surface area contributed by atoms with Crippen LogP contribution in [0.15, 0.2) is 0 Å². The Labute approximate surface area is 114 Å². The Balaban J connectivity index is 1.83. The zero-order valence-corrected chi connectivity index (χ0v) is 12.3. The van der Waals surface area contributed by atoms with Gasteiger partial charge in [0.1, 0.15) is 15.9 Å². The average molecular weight is 290 g/mol. The lowest BCUT2D eigenvalue weighted by atomic mass is 10.1. The van der Waals surface area contributed by atoms with Gasteiger partial charge in [0.05, 0.1) is 18.5 Å². The van der Waals surface area contributed by atoms with E-state index in [1.807, 2.05) is 6.92 Å². The highest BCUT2D eigenvalue weighted by Crippen LogP contribution is 2.46. The van der Waals surface area contributed by atoms with Gasteiger partial charge < -0.3 is 15.4 Å². The van der Waals surface area contributed by atoms with Crippen LogP contribution in [0.3, 0.4) is 0 Å². The van der Waals surface area contributed by atoms with E-state index in [-0.39, 0.29) is 29.2 Å². The maximum atomic E-state index is 12.0. The van der Waals surface area contributed by atoms with Gasteiger partial charge in [0.25, 0.3) is 0 Å². The fourth-order valence-electron chi connectivity index (χ4n) is 2.52. The van der Waals surface area contributed by atoms with Crippen molar-refractivity contribution in [1.82, 2.24) is 10.6 Å². The van der Waals surface area contributed by atoms with Crippen LogP contribution in [0, 0.1) is 5.41 Å². The van der Waals surface area contributed by atoms with Gasteiger partial charge in [-0.1, -0.05) is 0 Å². The number of ether oxygens (including phenoxy) is 1. The Morgan fingerprint density at radius 3 is 2.68 bits per heavy atom. The van der Waals surface area contributed by atoms with Gasteiger partial charge in [-0.25, -0.2) is 8.42 Å². The number of hydrogen-bond acceptors (Lipinski definition) is 5. The highest BCUT2D eigenvalue weighted by atomic mass is 32.2. The van der Waals surface area contributed by atoms with Crippen LogP contribution in [0.25, 0.3) is 0 Å². The van der Waals surface area contributed by atoms with Crippen molar-refractivity contribution in [3.8, 4) is 0 Å². The quantitative estimate of drug-likeness (QED) is 0.700. The molecule has 1 saturated heterocycles. The number of rotatable bonds is 5. The van der Waals surface area contributed by atoms with Crippen molar-refractivity contribution in [3.05, 3.63) is 0 Å². The molecule has 2 fully saturated rings. The molecule has 0 radical (unpaired) electrons. The molecular weight excluding hydrogens is 268 g/mol. The van der Waals surface area contributed by atoms with E-state index in [2.05, 4.69) is 10.6 Å². The molecule has 1 heterocycles. The molecule has 6 nitrogen and oxygen atoms in total. The molecular formula is C12H22N2O4S. The molecule has 19 heavy (non-hydrogen) atoms. The van der Waals surface area contributed by atoms with E-state index in [1.165, 1.54) is 6.26 Å². The summed E-state index contributed by atoms with van der Waals surface area (Å²) < 4.78 is 28.1. The van der Waals surface area contributed by atoms with Gasteiger partial charge in [-0.2, -0.15) is 0 Å². The predicted octanol–water partition coefficient (Wildman–Crippen LogP) is -0.696. The van der Waals surface area contributed by atoms with Crippen molar-refractivity contribution < 1.29 is 17.9 Å². The molecule has 2 N–H and O–H groups in total. The first-order chi connectivity index (χ1) is 8.81. The maximum absolute atomic E-state index is 12.0. The second-order valence-electron chi connectivity index (χ2n) is 5.80. The number of morpholine rings is 1. The molecule has 2 rings (SSSR count). The van der Waals surface area contributed by atoms with Crippen molar-refractivity contribution in [1.29, 1.82) is 0 Å². The molecule has 2 aliphatic rings. The topological polar surface area (TPSA) is 84.5 Å². The first kappa shape index (κ1) is 14.7. The summed E-state index contributed by atoms with van der Waals surface area (Å²) in [5.41, 5.74) is -0.234. The van der Waals surface area contributed by atoms with Crippen molar-refractivity contribution in [2.45, 2.75) is 31.9 Å². The van der Waals surface area contributed by atoms with Crippen LogP contribution in [0.2, 0.25) is 0 Å². The molecule has 1 aliphatic heterocycles. The third kappa shape index (κ3) is 4.15. The molecule has 0 aromatic carbocycles. The molecule has 0 bridgehead atoms. The highest BCUT2D eigenvalue weighted by molar-refractivity contribution is 7.90. The summed E-state index contributed by atoms with van der Waals surface area (Å²) in [7, 11) is -2.99. The van der Waals surface area contributed by atoms with E-state index in [9.17, 15) is 13.2 Å². The minimum atomic E-state index is -2.99. The molecule has 1 saturated carbocycles. The van der Waals surface area contributed by atoms with E-state index in [0.29, 0.717) is 19.7 Å². The highest BCUT2D eigenvalue weighted by Gasteiger charge is 2.45. The van der Waals surface area contributed by atoms with Crippen LogP contribution >= 0.6 is 0 Å². The van der Waals surface area contributed by atoms with Gasteiger partial charge in [-0.3, -0.25) is 4.79 Å². The van der Waals surface area contributed by atoms with E-state index in [0.717, 1.165) is 12.8 Å². The van der Waals surface area contributed by atoms with Gasteiger partial charge in [0.2, 0.25) is 5.91 Å². The number of carbonyl (C=O) groups is 1. The number of amides is 1. The smallest absolute Gasteiger partial charge is 0.239 e. The summed E-state index contributed by atoms with van der Waals surface area (Å²) in [6, 6.07) is -0.345. The Bertz CT molecular complexity index is 445. The number of nitrogens with one attached hydrogen (secondary N) is 2. The molecule has 7 heteroatoms. The number of sulfone groups is 1. The number of carbonyl (C=O) groups excluding carboxylic acids is 1. The van der Waals surface area contributed by atoms with E-state index in [4.69, 9.17) is 4.74 Å². The van der Waals surface area contributed by atoms with Crippen molar-refractivity contribution in [2.75, 3.05) is 31.7 Å². The maximum Gasteiger partial charge on any atom is 0.239 e. The van der Waals surface area contributed by atoms with Gasteiger partial charge in [0.15, 0.2) is 0 Å². The second kappa shape index (κ2) is 5.38. The molecule has 0 aromatic rings. The molecule has 1 amide bonds. The van der Waals surface area contributed by atoms with Gasteiger partial charge >= 0.3 is 0 Å². The Kier molecular flexibility index (Phi) is 4.17. The van der Waals surface area contributed by atoms with Gasteiger partial charge in [-0.15, -0.1) is 0 Å². The summed E-state index contributed by atoms with van der Waals surface area (Å²) in [5.74, 6) is 0.0525. The fraction of sp³-hybridized carbons (Fsp3) is 0.917. The minimum Gasteiger partial charge on any atom is -0.375 e. The van der Waals surface area contributed by atoms with Crippen LogP contribution < -0.4 is 10.6 Å². The normalized spacial score (nSPS) is 29.8. The minimum absolute atomic E-state index is 0.105. The zero-order chi connectivity index (χ0) is 14.1. The number of hydrogen-bond donors (Lipinski definition) is 2. The third-order valence-corrected chi connectivity index (χ3v) is 4.90. The monoisotopic (exact) mass is 290 g/mol.